The number of benzene rings is 2. The van der Waals surface area contributed by atoms with Gasteiger partial charge in [0.05, 0.1) is 27.4 Å². The fraction of sp³-hybridized carbons (Fsp3) is 0.222. The molecule has 0 aliphatic heterocycles. The number of likely N-dealkylation sites (N-methyl/N-ethyl adjacent to an activating group) is 1. The number of aromatic nitrogens is 1. The number of nitrogens with zero attached hydrogens (tertiary/aromatic N) is 1. The topological polar surface area (TPSA) is 99.3 Å². The maximum Gasteiger partial charge on any atom is 0.261 e. The van der Waals surface area contributed by atoms with Gasteiger partial charge in [-0.15, -0.1) is 0 Å². The number of sulfonamides is 2. The molecular weight excluding hydrogens is 422 g/mol. The lowest BCUT2D eigenvalue weighted by Crippen LogP contribution is -2.27. The van der Waals surface area contributed by atoms with Crippen LogP contribution in [0.3, 0.4) is 0 Å². The zero-order chi connectivity index (χ0) is 20.5. The van der Waals surface area contributed by atoms with Gasteiger partial charge in [-0.1, -0.05) is 35.9 Å². The molecule has 3 aromatic rings. The van der Waals surface area contributed by atoms with Crippen molar-refractivity contribution in [3.05, 3.63) is 59.2 Å². The Morgan fingerprint density at radius 3 is 2.39 bits per heavy atom. The number of fused-ring (bicyclic) bond motifs is 1. The van der Waals surface area contributed by atoms with Gasteiger partial charge in [0.1, 0.15) is 0 Å². The molecule has 0 spiro atoms. The zero-order valence-corrected chi connectivity index (χ0v) is 17.7. The first-order valence-electron chi connectivity index (χ1n) is 8.36. The molecule has 0 atom stereocenters. The van der Waals surface area contributed by atoms with Gasteiger partial charge in [-0.25, -0.2) is 21.1 Å². The highest BCUT2D eigenvalue weighted by molar-refractivity contribution is 7.92. The van der Waals surface area contributed by atoms with E-state index in [4.69, 9.17) is 11.6 Å². The molecule has 2 aromatic carbocycles. The second kappa shape index (κ2) is 7.75. The van der Waals surface area contributed by atoms with E-state index in [1.807, 2.05) is 0 Å². The Morgan fingerprint density at radius 1 is 1.07 bits per heavy atom. The normalized spacial score (nSPS) is 12.6. The summed E-state index contributed by atoms with van der Waals surface area (Å²) >= 11 is 6.08. The van der Waals surface area contributed by atoms with E-state index in [1.54, 1.807) is 36.5 Å². The van der Waals surface area contributed by atoms with E-state index in [1.165, 1.54) is 23.5 Å². The fourth-order valence-corrected chi connectivity index (χ4v) is 4.40. The number of H-pyrrole nitrogens is 1. The lowest BCUT2D eigenvalue weighted by molar-refractivity contribution is 0.478. The van der Waals surface area contributed by atoms with E-state index in [9.17, 15) is 16.8 Å². The highest BCUT2D eigenvalue weighted by atomic mass is 35.5. The molecule has 3 rings (SSSR count). The van der Waals surface area contributed by atoms with Crippen LogP contribution in [0.1, 0.15) is 5.56 Å². The van der Waals surface area contributed by atoms with Gasteiger partial charge in [-0.05, 0) is 30.2 Å². The van der Waals surface area contributed by atoms with E-state index < -0.39 is 20.0 Å². The summed E-state index contributed by atoms with van der Waals surface area (Å²) < 4.78 is 52.1. The summed E-state index contributed by atoms with van der Waals surface area (Å²) in [7, 11) is -5.52. The number of aromatic amines is 1. The molecular formula is C18H20ClN3O4S2. The predicted molar refractivity (Wildman–Crippen MR) is 112 cm³/mol. The summed E-state index contributed by atoms with van der Waals surface area (Å²) in [5.41, 5.74) is 1.85. The monoisotopic (exact) mass is 441 g/mol. The summed E-state index contributed by atoms with van der Waals surface area (Å²) in [6, 6.07) is 11.5. The van der Waals surface area contributed by atoms with Crippen molar-refractivity contribution < 1.29 is 16.8 Å². The van der Waals surface area contributed by atoms with Crippen LogP contribution in [0.25, 0.3) is 10.9 Å². The fourth-order valence-electron chi connectivity index (χ4n) is 2.70. The van der Waals surface area contributed by atoms with Crippen LogP contribution < -0.4 is 4.72 Å². The van der Waals surface area contributed by atoms with Gasteiger partial charge in [0, 0.05) is 25.2 Å². The molecule has 0 amide bonds. The van der Waals surface area contributed by atoms with Crippen molar-refractivity contribution in [3.63, 3.8) is 0 Å². The van der Waals surface area contributed by atoms with Gasteiger partial charge < -0.3 is 4.98 Å². The molecule has 2 N–H and O–H groups in total. The van der Waals surface area contributed by atoms with Crippen LogP contribution in [0.15, 0.2) is 53.6 Å². The van der Waals surface area contributed by atoms with Crippen LogP contribution in [0, 0.1) is 0 Å². The molecule has 28 heavy (non-hydrogen) atoms. The second-order valence-corrected chi connectivity index (χ2v) is 10.6. The maximum absolute atomic E-state index is 12.7. The Hall–Kier alpha value is -2.07. The van der Waals surface area contributed by atoms with Crippen LogP contribution in [-0.4, -0.2) is 46.0 Å². The molecule has 7 nitrogen and oxygen atoms in total. The van der Waals surface area contributed by atoms with Gasteiger partial charge in [0.15, 0.2) is 0 Å². The Balaban J connectivity index is 1.77. The molecule has 0 saturated carbocycles. The van der Waals surface area contributed by atoms with Crippen molar-refractivity contribution in [2.24, 2.45) is 0 Å². The molecule has 0 fully saturated rings. The van der Waals surface area contributed by atoms with E-state index in [0.29, 0.717) is 29.2 Å². The van der Waals surface area contributed by atoms with Gasteiger partial charge in [0.2, 0.25) is 10.0 Å². The number of hydrogen-bond donors (Lipinski definition) is 2. The minimum Gasteiger partial charge on any atom is -0.358 e. The van der Waals surface area contributed by atoms with Crippen LogP contribution >= 0.6 is 11.6 Å². The van der Waals surface area contributed by atoms with E-state index in [2.05, 4.69) is 9.71 Å². The molecule has 150 valence electrons. The maximum atomic E-state index is 12.7. The largest absolute Gasteiger partial charge is 0.358 e. The first kappa shape index (κ1) is 20.7. The van der Waals surface area contributed by atoms with E-state index in [-0.39, 0.29) is 4.90 Å². The molecule has 0 aliphatic rings. The number of nitrogens with one attached hydrogen (secondary N) is 2. The average Bonchev–Trinajstić information content (AvgIpc) is 3.01. The summed E-state index contributed by atoms with van der Waals surface area (Å²) in [6.07, 6.45) is 3.23. The van der Waals surface area contributed by atoms with Crippen LogP contribution in [-0.2, 0) is 26.5 Å². The third-order valence-electron chi connectivity index (χ3n) is 4.42. The Bertz CT molecular complexity index is 1200. The van der Waals surface area contributed by atoms with Gasteiger partial charge in [0.25, 0.3) is 10.0 Å². The van der Waals surface area contributed by atoms with Crippen molar-refractivity contribution in [1.29, 1.82) is 0 Å². The third-order valence-corrected chi connectivity index (χ3v) is 7.43. The number of para-hydroxylation sites is 1. The lowest BCUT2D eigenvalue weighted by Gasteiger charge is -2.14. The molecule has 0 bridgehead atoms. The Morgan fingerprint density at radius 2 is 1.75 bits per heavy atom. The number of hydrogen-bond acceptors (Lipinski definition) is 4. The molecule has 10 heteroatoms. The predicted octanol–water partition coefficient (Wildman–Crippen LogP) is 3.06. The second-order valence-electron chi connectivity index (χ2n) is 6.45. The van der Waals surface area contributed by atoms with Gasteiger partial charge in [-0.2, -0.15) is 0 Å². The van der Waals surface area contributed by atoms with Crippen LogP contribution in [0.5, 0.6) is 0 Å². The van der Waals surface area contributed by atoms with E-state index in [0.717, 1.165) is 17.2 Å². The summed E-state index contributed by atoms with van der Waals surface area (Å²) in [4.78, 5) is 3.08. The SMILES string of the molecule is CN(CCc1ccc(S(=O)(=O)Nc2cccc3c(Cl)c[nH]c23)cc1)S(C)(=O)=O. The van der Waals surface area contributed by atoms with Crippen molar-refractivity contribution in [2.75, 3.05) is 24.6 Å². The highest BCUT2D eigenvalue weighted by Gasteiger charge is 2.17. The van der Waals surface area contributed by atoms with Gasteiger partial charge in [-0.3, -0.25) is 4.72 Å². The molecule has 1 aromatic heterocycles. The number of anilines is 1. The minimum absolute atomic E-state index is 0.113. The Kier molecular flexibility index (Phi) is 5.72. The standard InChI is InChI=1S/C18H20ClN3O4S2/c1-22(27(2,23)24)11-10-13-6-8-14(9-7-13)28(25,26)21-17-5-3-4-15-16(19)12-20-18(15)17/h3-9,12,20-21H,10-11H2,1-2H3. The van der Waals surface area contributed by atoms with E-state index >= 15 is 0 Å². The highest BCUT2D eigenvalue weighted by Crippen LogP contribution is 2.29. The number of halogens is 1. The van der Waals surface area contributed by atoms with Crippen LogP contribution in [0.2, 0.25) is 5.02 Å². The lowest BCUT2D eigenvalue weighted by atomic mass is 10.1. The summed E-state index contributed by atoms with van der Waals surface area (Å²) in [5, 5.41) is 1.24. The first-order valence-corrected chi connectivity index (χ1v) is 12.1. The third kappa shape index (κ3) is 4.49. The first-order chi connectivity index (χ1) is 13.1. The van der Waals surface area contributed by atoms with Gasteiger partial charge >= 0.3 is 0 Å². The molecule has 0 radical (unpaired) electrons. The summed E-state index contributed by atoms with van der Waals surface area (Å²) in [6.45, 7) is 0.318. The molecule has 1 heterocycles. The smallest absolute Gasteiger partial charge is 0.261 e. The average molecular weight is 442 g/mol. The molecule has 0 unspecified atom stereocenters. The quantitative estimate of drug-likeness (QED) is 0.588. The van der Waals surface area contributed by atoms with Crippen molar-refractivity contribution in [1.82, 2.24) is 9.29 Å². The molecule has 0 aliphatic carbocycles. The number of rotatable bonds is 7. The van der Waals surface area contributed by atoms with Crippen molar-refractivity contribution >= 4 is 48.2 Å². The minimum atomic E-state index is -3.79. The van der Waals surface area contributed by atoms with Crippen molar-refractivity contribution in [3.8, 4) is 0 Å². The van der Waals surface area contributed by atoms with Crippen LogP contribution in [0.4, 0.5) is 5.69 Å². The zero-order valence-electron chi connectivity index (χ0n) is 15.3. The summed E-state index contributed by atoms with van der Waals surface area (Å²) in [5.74, 6) is 0. The Labute approximate surface area is 169 Å². The molecule has 0 saturated heterocycles. The van der Waals surface area contributed by atoms with Crippen molar-refractivity contribution in [2.45, 2.75) is 11.3 Å².